The molecule has 3 rings (SSSR count). The lowest BCUT2D eigenvalue weighted by molar-refractivity contribution is -0.173. The molecule has 32 heavy (non-hydrogen) atoms. The van der Waals surface area contributed by atoms with Gasteiger partial charge in [0.15, 0.2) is 5.82 Å². The summed E-state index contributed by atoms with van der Waals surface area (Å²) in [4.78, 5) is 25.7. The molecule has 0 fully saturated rings. The van der Waals surface area contributed by atoms with Crippen molar-refractivity contribution in [3.63, 3.8) is 0 Å². The number of aryl methyl sites for hydroxylation is 1. The molecule has 0 saturated carbocycles. The van der Waals surface area contributed by atoms with Gasteiger partial charge < -0.3 is 5.32 Å². The molecule has 3 aromatic rings. The lowest BCUT2D eigenvalue weighted by atomic mass is 10.1. The Balaban J connectivity index is 1.96. The van der Waals surface area contributed by atoms with Crippen molar-refractivity contribution >= 4 is 17.5 Å². The van der Waals surface area contributed by atoms with E-state index >= 15 is 0 Å². The number of carbonyl (C=O) groups excluding carboxylic acids is 1. The molecule has 6 nitrogen and oxygen atoms in total. The number of hydrogen-bond donors (Lipinski definition) is 2. The van der Waals surface area contributed by atoms with Gasteiger partial charge in [-0.25, -0.2) is 4.79 Å². The Morgan fingerprint density at radius 1 is 1.12 bits per heavy atom. The summed E-state index contributed by atoms with van der Waals surface area (Å²) >= 11 is 6.09. The molecule has 0 saturated heterocycles. The van der Waals surface area contributed by atoms with Crippen LogP contribution in [-0.2, 0) is 17.5 Å². The molecule has 1 amide bonds. The monoisotopic (exact) mass is 478 g/mol. The highest BCUT2D eigenvalue weighted by atomic mass is 35.5. The maximum absolute atomic E-state index is 13.2. The SMILES string of the molecule is Cc1ccc(-n2nc(-c3cc(CNC(=O)C(F)(F)F)ccc3Cl)[nH]c2=O)cc1C(F)(F)F. The van der Waals surface area contributed by atoms with Crippen LogP contribution in [0.1, 0.15) is 16.7 Å². The van der Waals surface area contributed by atoms with Gasteiger partial charge in [0.2, 0.25) is 0 Å². The molecule has 0 aliphatic carbocycles. The Bertz CT molecular complexity index is 1230. The lowest BCUT2D eigenvalue weighted by Crippen LogP contribution is -2.36. The number of rotatable bonds is 4. The fourth-order valence-electron chi connectivity index (χ4n) is 2.81. The van der Waals surface area contributed by atoms with Crippen LogP contribution < -0.4 is 11.0 Å². The summed E-state index contributed by atoms with van der Waals surface area (Å²) in [5.41, 5.74) is -1.67. The molecule has 0 bridgehead atoms. The van der Waals surface area contributed by atoms with E-state index in [1.165, 1.54) is 37.3 Å². The second kappa shape index (κ2) is 8.34. The van der Waals surface area contributed by atoms with Gasteiger partial charge in [-0.1, -0.05) is 23.7 Å². The minimum atomic E-state index is -5.05. The Kier molecular flexibility index (Phi) is 6.09. The first kappa shape index (κ1) is 23.4. The first-order valence-corrected chi connectivity index (χ1v) is 9.16. The highest BCUT2D eigenvalue weighted by molar-refractivity contribution is 6.33. The molecule has 0 aliphatic rings. The predicted molar refractivity (Wildman–Crippen MR) is 102 cm³/mol. The van der Waals surface area contributed by atoms with E-state index < -0.39 is 36.1 Å². The van der Waals surface area contributed by atoms with E-state index in [-0.39, 0.29) is 33.2 Å². The van der Waals surface area contributed by atoms with E-state index in [1.807, 2.05) is 0 Å². The highest BCUT2D eigenvalue weighted by Crippen LogP contribution is 2.33. The number of nitrogens with one attached hydrogen (secondary N) is 2. The largest absolute Gasteiger partial charge is 0.471 e. The zero-order valence-electron chi connectivity index (χ0n) is 16.0. The fraction of sp³-hybridized carbons (Fsp3) is 0.211. The van der Waals surface area contributed by atoms with Crippen molar-refractivity contribution in [1.82, 2.24) is 20.1 Å². The normalized spacial score (nSPS) is 12.1. The Labute approximate surface area is 180 Å². The molecule has 0 spiro atoms. The average Bonchev–Trinajstić information content (AvgIpc) is 3.07. The number of benzene rings is 2. The molecule has 1 heterocycles. The van der Waals surface area contributed by atoms with Gasteiger partial charge in [0.25, 0.3) is 0 Å². The van der Waals surface area contributed by atoms with E-state index in [4.69, 9.17) is 11.6 Å². The lowest BCUT2D eigenvalue weighted by Gasteiger charge is -2.11. The first-order valence-electron chi connectivity index (χ1n) is 8.79. The highest BCUT2D eigenvalue weighted by Gasteiger charge is 2.38. The van der Waals surface area contributed by atoms with Crippen molar-refractivity contribution in [3.8, 4) is 17.1 Å². The van der Waals surface area contributed by atoms with Gasteiger partial charge in [-0.05, 0) is 42.3 Å². The molecule has 170 valence electrons. The van der Waals surface area contributed by atoms with E-state index in [0.717, 1.165) is 6.07 Å². The van der Waals surface area contributed by atoms with Crippen molar-refractivity contribution in [2.75, 3.05) is 0 Å². The van der Waals surface area contributed by atoms with Crippen molar-refractivity contribution in [2.45, 2.75) is 25.8 Å². The Hall–Kier alpha value is -3.28. The summed E-state index contributed by atoms with van der Waals surface area (Å²) in [6.45, 7) is 0.786. The van der Waals surface area contributed by atoms with Gasteiger partial charge in [0, 0.05) is 12.1 Å². The topological polar surface area (TPSA) is 79.8 Å². The van der Waals surface area contributed by atoms with Crippen LogP contribution in [0.3, 0.4) is 0 Å². The summed E-state index contributed by atoms with van der Waals surface area (Å²) in [7, 11) is 0. The zero-order valence-corrected chi connectivity index (χ0v) is 16.8. The number of carbonyl (C=O) groups is 1. The zero-order chi connectivity index (χ0) is 23.8. The second-order valence-electron chi connectivity index (χ2n) is 6.68. The summed E-state index contributed by atoms with van der Waals surface area (Å²) < 4.78 is 77.3. The van der Waals surface area contributed by atoms with Crippen LogP contribution in [0.25, 0.3) is 17.1 Å². The van der Waals surface area contributed by atoms with Crippen molar-refractivity contribution in [1.29, 1.82) is 0 Å². The molecule has 0 unspecified atom stereocenters. The van der Waals surface area contributed by atoms with Crippen LogP contribution in [0.5, 0.6) is 0 Å². The van der Waals surface area contributed by atoms with Crippen LogP contribution in [-0.4, -0.2) is 26.8 Å². The maximum Gasteiger partial charge on any atom is 0.471 e. The maximum atomic E-state index is 13.2. The molecular formula is C19H13ClF6N4O2. The second-order valence-corrected chi connectivity index (χ2v) is 7.09. The number of H-pyrrole nitrogens is 1. The molecule has 2 N–H and O–H groups in total. The van der Waals surface area contributed by atoms with Crippen molar-refractivity contribution < 1.29 is 31.1 Å². The Morgan fingerprint density at radius 3 is 2.44 bits per heavy atom. The third-order valence-electron chi connectivity index (χ3n) is 4.39. The van der Waals surface area contributed by atoms with E-state index in [0.29, 0.717) is 4.68 Å². The molecule has 0 radical (unpaired) electrons. The van der Waals surface area contributed by atoms with E-state index in [9.17, 15) is 35.9 Å². The van der Waals surface area contributed by atoms with Crippen LogP contribution in [0.4, 0.5) is 26.3 Å². The number of aromatic nitrogens is 3. The number of aromatic amines is 1. The third kappa shape index (κ3) is 4.96. The van der Waals surface area contributed by atoms with Gasteiger partial charge in [-0.3, -0.25) is 9.78 Å². The van der Waals surface area contributed by atoms with Crippen LogP contribution in [0.2, 0.25) is 5.02 Å². The molecule has 0 atom stereocenters. The minimum absolute atomic E-state index is 0.0401. The van der Waals surface area contributed by atoms with Gasteiger partial charge in [0.1, 0.15) is 0 Å². The van der Waals surface area contributed by atoms with Crippen LogP contribution in [0.15, 0.2) is 41.2 Å². The standard InChI is InChI=1S/C19H13ClF6N4O2/c1-9-2-4-11(7-13(9)18(21,22)23)30-17(32)28-15(29-30)12-6-10(3-5-14(12)20)8-27-16(31)19(24,25)26/h2-7H,8H2,1H3,(H,27,31)(H,28,29,32). The summed E-state index contributed by atoms with van der Waals surface area (Å²) in [6, 6.07) is 7.20. The Morgan fingerprint density at radius 2 is 1.81 bits per heavy atom. The average molecular weight is 479 g/mol. The van der Waals surface area contributed by atoms with Crippen molar-refractivity contribution in [2.24, 2.45) is 0 Å². The third-order valence-corrected chi connectivity index (χ3v) is 4.71. The smallest absolute Gasteiger partial charge is 0.344 e. The number of alkyl halides is 6. The summed E-state index contributed by atoms with van der Waals surface area (Å²) in [5.74, 6) is -2.26. The number of hydrogen-bond acceptors (Lipinski definition) is 3. The summed E-state index contributed by atoms with van der Waals surface area (Å²) in [6.07, 6.45) is -9.69. The van der Waals surface area contributed by atoms with Crippen LogP contribution >= 0.6 is 11.6 Å². The molecule has 1 aromatic heterocycles. The van der Waals surface area contributed by atoms with E-state index in [2.05, 4.69) is 10.1 Å². The number of amides is 1. The molecular weight excluding hydrogens is 466 g/mol. The molecule has 0 aliphatic heterocycles. The van der Waals surface area contributed by atoms with Gasteiger partial charge >= 0.3 is 23.9 Å². The summed E-state index contributed by atoms with van der Waals surface area (Å²) in [5, 5.41) is 5.73. The minimum Gasteiger partial charge on any atom is -0.344 e. The predicted octanol–water partition coefficient (Wildman–Crippen LogP) is 4.39. The van der Waals surface area contributed by atoms with Gasteiger partial charge in [0.05, 0.1) is 16.3 Å². The van der Waals surface area contributed by atoms with Crippen molar-refractivity contribution in [3.05, 3.63) is 68.6 Å². The molecule has 2 aromatic carbocycles. The van der Waals surface area contributed by atoms with Gasteiger partial charge in [-0.15, -0.1) is 5.10 Å². The fourth-order valence-corrected chi connectivity index (χ4v) is 3.02. The van der Waals surface area contributed by atoms with E-state index in [1.54, 1.807) is 5.32 Å². The van der Waals surface area contributed by atoms with Crippen LogP contribution in [0, 0.1) is 6.92 Å². The number of halogens is 7. The first-order chi connectivity index (χ1) is 14.8. The quantitative estimate of drug-likeness (QED) is 0.546. The number of nitrogens with zero attached hydrogens (tertiary/aromatic N) is 2. The molecule has 13 heteroatoms. The van der Waals surface area contributed by atoms with Gasteiger partial charge in [-0.2, -0.15) is 31.0 Å².